The molecule has 2 rings (SSSR count). The summed E-state index contributed by atoms with van der Waals surface area (Å²) in [5.41, 5.74) is 1.25. The average molecular weight is 247 g/mol. The molecule has 2 atom stereocenters. The molecule has 0 spiro atoms. The Morgan fingerprint density at radius 3 is 2.78 bits per heavy atom. The van der Waals surface area contributed by atoms with Gasteiger partial charge in [0.25, 0.3) is 0 Å². The van der Waals surface area contributed by atoms with E-state index in [1.165, 1.54) is 5.56 Å². The summed E-state index contributed by atoms with van der Waals surface area (Å²) in [7, 11) is 0. The van der Waals surface area contributed by atoms with Crippen LogP contribution in [0.25, 0.3) is 0 Å². The van der Waals surface area contributed by atoms with Gasteiger partial charge in [0.15, 0.2) is 0 Å². The maximum atomic E-state index is 11.9. The fourth-order valence-electron chi connectivity index (χ4n) is 2.61. The first-order valence-corrected chi connectivity index (χ1v) is 6.65. The molecular weight excluding hydrogens is 226 g/mol. The summed E-state index contributed by atoms with van der Waals surface area (Å²) in [6.45, 7) is 6.31. The van der Waals surface area contributed by atoms with E-state index in [9.17, 15) is 4.79 Å². The van der Waals surface area contributed by atoms with Crippen LogP contribution in [0.15, 0.2) is 30.3 Å². The zero-order chi connectivity index (χ0) is 13.0. The van der Waals surface area contributed by atoms with E-state index < -0.39 is 0 Å². The average Bonchev–Trinajstić information content (AvgIpc) is 2.72. The fourth-order valence-corrected chi connectivity index (χ4v) is 2.61. The minimum absolute atomic E-state index is 0.0693. The number of hydrogen-bond donors (Lipinski definition) is 0. The van der Waals surface area contributed by atoms with Gasteiger partial charge in [0.05, 0.1) is 6.61 Å². The number of nitrogens with zero attached hydrogens (tertiary/aromatic N) is 1. The van der Waals surface area contributed by atoms with Crippen LogP contribution in [0.1, 0.15) is 25.8 Å². The second kappa shape index (κ2) is 6.01. The Labute approximate surface area is 109 Å². The largest absolute Gasteiger partial charge is 0.465 e. The standard InChI is InChI=1S/C15H21NO2/c1-3-18-15(17)14-9-12(2)10-16(14)11-13-7-5-4-6-8-13/h4-8,12,14H,3,9-11H2,1-2H3/t12-,14+/m0/s1. The Kier molecular flexibility index (Phi) is 4.37. The van der Waals surface area contributed by atoms with Gasteiger partial charge in [0.1, 0.15) is 6.04 Å². The van der Waals surface area contributed by atoms with Crippen LogP contribution in [0, 0.1) is 5.92 Å². The fraction of sp³-hybridized carbons (Fsp3) is 0.533. The summed E-state index contributed by atoms with van der Waals surface area (Å²) in [5, 5.41) is 0. The monoisotopic (exact) mass is 247 g/mol. The lowest BCUT2D eigenvalue weighted by Gasteiger charge is -2.22. The summed E-state index contributed by atoms with van der Waals surface area (Å²) in [4.78, 5) is 14.2. The third-order valence-electron chi connectivity index (χ3n) is 3.40. The van der Waals surface area contributed by atoms with Crippen LogP contribution < -0.4 is 0 Å². The lowest BCUT2D eigenvalue weighted by molar-refractivity contribution is -0.148. The minimum atomic E-state index is -0.0715. The Hall–Kier alpha value is -1.35. The number of hydrogen-bond acceptors (Lipinski definition) is 3. The molecule has 3 heteroatoms. The first kappa shape index (κ1) is 13.1. The number of ether oxygens (including phenoxy) is 1. The maximum Gasteiger partial charge on any atom is 0.323 e. The van der Waals surface area contributed by atoms with E-state index in [2.05, 4.69) is 24.0 Å². The number of rotatable bonds is 4. The van der Waals surface area contributed by atoms with Crippen LogP contribution in [0.3, 0.4) is 0 Å². The van der Waals surface area contributed by atoms with Crippen molar-refractivity contribution in [1.29, 1.82) is 0 Å². The molecular formula is C15H21NO2. The molecule has 0 radical (unpaired) electrons. The lowest BCUT2D eigenvalue weighted by Crippen LogP contribution is -2.36. The molecule has 0 bridgehead atoms. The van der Waals surface area contributed by atoms with E-state index >= 15 is 0 Å². The third kappa shape index (κ3) is 3.10. The number of likely N-dealkylation sites (tertiary alicyclic amines) is 1. The number of benzene rings is 1. The quantitative estimate of drug-likeness (QED) is 0.765. The zero-order valence-electron chi connectivity index (χ0n) is 11.1. The highest BCUT2D eigenvalue weighted by molar-refractivity contribution is 5.76. The molecule has 0 saturated carbocycles. The van der Waals surface area contributed by atoms with Gasteiger partial charge in [-0.2, -0.15) is 0 Å². The van der Waals surface area contributed by atoms with Crippen molar-refractivity contribution in [1.82, 2.24) is 4.90 Å². The molecule has 1 aliphatic heterocycles. The Balaban J connectivity index is 2.03. The molecule has 1 aromatic rings. The van der Waals surface area contributed by atoms with Gasteiger partial charge < -0.3 is 4.74 Å². The Morgan fingerprint density at radius 1 is 1.39 bits per heavy atom. The van der Waals surface area contributed by atoms with Crippen molar-refractivity contribution >= 4 is 5.97 Å². The molecule has 0 aliphatic carbocycles. The summed E-state index contributed by atoms with van der Waals surface area (Å²) >= 11 is 0. The van der Waals surface area contributed by atoms with Crippen LogP contribution in [0.5, 0.6) is 0 Å². The number of esters is 1. The Bertz CT molecular complexity index is 391. The SMILES string of the molecule is CCOC(=O)[C@H]1C[C@H](C)CN1Cc1ccccc1. The van der Waals surface area contributed by atoms with E-state index in [1.54, 1.807) is 0 Å². The summed E-state index contributed by atoms with van der Waals surface area (Å²) in [6, 6.07) is 10.2. The van der Waals surface area contributed by atoms with Crippen LogP contribution in [0.4, 0.5) is 0 Å². The Morgan fingerprint density at radius 2 is 2.11 bits per heavy atom. The van der Waals surface area contributed by atoms with Crippen molar-refractivity contribution in [2.45, 2.75) is 32.9 Å². The van der Waals surface area contributed by atoms with Crippen molar-refractivity contribution in [3.8, 4) is 0 Å². The zero-order valence-corrected chi connectivity index (χ0v) is 11.1. The second-order valence-electron chi connectivity index (χ2n) is 5.02. The van der Waals surface area contributed by atoms with Gasteiger partial charge in [0, 0.05) is 13.1 Å². The maximum absolute atomic E-state index is 11.9. The first-order valence-electron chi connectivity index (χ1n) is 6.65. The van der Waals surface area contributed by atoms with Crippen molar-refractivity contribution in [3.05, 3.63) is 35.9 Å². The second-order valence-corrected chi connectivity index (χ2v) is 5.02. The normalized spacial score (nSPS) is 24.1. The van der Waals surface area contributed by atoms with Crippen molar-refractivity contribution in [2.24, 2.45) is 5.92 Å². The van der Waals surface area contributed by atoms with E-state index in [-0.39, 0.29) is 12.0 Å². The van der Waals surface area contributed by atoms with Crippen LogP contribution in [0.2, 0.25) is 0 Å². The highest BCUT2D eigenvalue weighted by Crippen LogP contribution is 2.25. The van der Waals surface area contributed by atoms with E-state index in [0.717, 1.165) is 19.5 Å². The van der Waals surface area contributed by atoms with Gasteiger partial charge in [0.2, 0.25) is 0 Å². The molecule has 3 nitrogen and oxygen atoms in total. The predicted octanol–water partition coefficient (Wildman–Crippen LogP) is 2.46. The topological polar surface area (TPSA) is 29.5 Å². The summed E-state index contributed by atoms with van der Waals surface area (Å²) < 4.78 is 5.16. The van der Waals surface area contributed by atoms with Gasteiger partial charge in [-0.25, -0.2) is 0 Å². The molecule has 1 heterocycles. The van der Waals surface area contributed by atoms with Crippen LogP contribution in [-0.2, 0) is 16.1 Å². The molecule has 1 saturated heterocycles. The summed E-state index contributed by atoms with van der Waals surface area (Å²) in [5.74, 6) is 0.487. The highest BCUT2D eigenvalue weighted by Gasteiger charge is 2.35. The van der Waals surface area contributed by atoms with Gasteiger partial charge in [-0.3, -0.25) is 9.69 Å². The molecule has 1 aromatic carbocycles. The van der Waals surface area contributed by atoms with Crippen molar-refractivity contribution in [2.75, 3.05) is 13.2 Å². The highest BCUT2D eigenvalue weighted by atomic mass is 16.5. The molecule has 1 aliphatic rings. The van der Waals surface area contributed by atoms with Gasteiger partial charge in [-0.1, -0.05) is 37.3 Å². The molecule has 0 N–H and O–H groups in total. The third-order valence-corrected chi connectivity index (χ3v) is 3.40. The first-order chi connectivity index (χ1) is 8.70. The van der Waals surface area contributed by atoms with Crippen molar-refractivity contribution in [3.63, 3.8) is 0 Å². The smallest absolute Gasteiger partial charge is 0.323 e. The molecule has 0 aromatic heterocycles. The van der Waals surface area contributed by atoms with E-state index in [0.29, 0.717) is 12.5 Å². The molecule has 0 unspecified atom stereocenters. The van der Waals surface area contributed by atoms with Crippen molar-refractivity contribution < 1.29 is 9.53 Å². The van der Waals surface area contributed by atoms with Crippen LogP contribution in [-0.4, -0.2) is 30.1 Å². The molecule has 1 fully saturated rings. The molecule has 18 heavy (non-hydrogen) atoms. The molecule has 0 amide bonds. The van der Waals surface area contributed by atoms with Gasteiger partial charge >= 0.3 is 5.97 Å². The minimum Gasteiger partial charge on any atom is -0.465 e. The molecule has 98 valence electrons. The van der Waals surface area contributed by atoms with Gasteiger partial charge in [-0.05, 0) is 24.8 Å². The summed E-state index contributed by atoms with van der Waals surface area (Å²) in [6.07, 6.45) is 0.908. The predicted molar refractivity (Wildman–Crippen MR) is 71.1 cm³/mol. The lowest BCUT2D eigenvalue weighted by atomic mass is 10.1. The number of carbonyl (C=O) groups excluding carboxylic acids is 1. The van der Waals surface area contributed by atoms with E-state index in [4.69, 9.17) is 4.74 Å². The number of carbonyl (C=O) groups is 1. The van der Waals surface area contributed by atoms with E-state index in [1.807, 2.05) is 25.1 Å². The van der Waals surface area contributed by atoms with Gasteiger partial charge in [-0.15, -0.1) is 0 Å². The van der Waals surface area contributed by atoms with Crippen LogP contribution >= 0.6 is 0 Å².